The Bertz CT molecular complexity index is 1180. The molecule has 32 heavy (non-hydrogen) atoms. The van der Waals surface area contributed by atoms with E-state index in [-0.39, 0.29) is 17.5 Å². The zero-order valence-corrected chi connectivity index (χ0v) is 18.4. The van der Waals surface area contributed by atoms with Gasteiger partial charge in [0.1, 0.15) is 19.8 Å². The van der Waals surface area contributed by atoms with Crippen molar-refractivity contribution >= 4 is 21.6 Å². The first-order valence-electron chi connectivity index (χ1n) is 10.3. The summed E-state index contributed by atoms with van der Waals surface area (Å²) in [5, 5.41) is 2.88. The monoisotopic (exact) mass is 452 g/mol. The Kier molecular flexibility index (Phi) is 6.32. The number of amides is 1. The maximum absolute atomic E-state index is 13.5. The number of carbonyl (C=O) groups excluding carboxylic acids is 1. The van der Waals surface area contributed by atoms with E-state index < -0.39 is 15.9 Å². The molecule has 1 atom stereocenters. The fourth-order valence-corrected chi connectivity index (χ4v) is 4.90. The van der Waals surface area contributed by atoms with Crippen molar-refractivity contribution in [2.75, 3.05) is 24.1 Å². The number of ether oxygens (including phenoxy) is 2. The predicted octanol–water partition coefficient (Wildman–Crippen LogP) is 3.53. The Hall–Kier alpha value is -3.52. The fraction of sp³-hybridized carbons (Fsp3) is 0.208. The number of carbonyl (C=O) groups is 1. The summed E-state index contributed by atoms with van der Waals surface area (Å²) < 4.78 is 39.2. The Morgan fingerprint density at radius 1 is 0.938 bits per heavy atom. The first-order valence-corrected chi connectivity index (χ1v) is 11.7. The third-order valence-corrected chi connectivity index (χ3v) is 6.90. The van der Waals surface area contributed by atoms with E-state index in [9.17, 15) is 13.2 Å². The van der Waals surface area contributed by atoms with Crippen LogP contribution in [0.4, 0.5) is 5.69 Å². The van der Waals surface area contributed by atoms with Gasteiger partial charge in [0.05, 0.1) is 16.6 Å². The number of anilines is 1. The van der Waals surface area contributed by atoms with E-state index in [1.165, 1.54) is 12.1 Å². The highest BCUT2D eigenvalue weighted by Gasteiger charge is 2.29. The summed E-state index contributed by atoms with van der Waals surface area (Å²) in [6.07, 6.45) is 0. The van der Waals surface area contributed by atoms with Gasteiger partial charge in [-0.25, -0.2) is 8.42 Å². The number of fused-ring (bicyclic) bond motifs is 1. The van der Waals surface area contributed by atoms with Gasteiger partial charge in [-0.1, -0.05) is 48.5 Å². The van der Waals surface area contributed by atoms with E-state index in [2.05, 4.69) is 5.32 Å². The molecule has 166 valence electrons. The minimum atomic E-state index is -4.00. The van der Waals surface area contributed by atoms with Gasteiger partial charge in [-0.2, -0.15) is 0 Å². The second kappa shape index (κ2) is 9.32. The summed E-state index contributed by atoms with van der Waals surface area (Å²) in [5.74, 6) is 0.565. The van der Waals surface area contributed by atoms with Crippen LogP contribution < -0.4 is 19.1 Å². The molecule has 8 heteroatoms. The summed E-state index contributed by atoms with van der Waals surface area (Å²) in [6.45, 7) is 2.27. The molecular weight excluding hydrogens is 428 g/mol. The number of rotatable bonds is 7. The molecule has 0 saturated heterocycles. The number of sulfonamides is 1. The van der Waals surface area contributed by atoms with Crippen molar-refractivity contribution in [3.05, 3.63) is 84.4 Å². The average Bonchev–Trinajstić information content (AvgIpc) is 2.83. The quantitative estimate of drug-likeness (QED) is 0.593. The smallest absolute Gasteiger partial charge is 0.264 e. The molecule has 0 radical (unpaired) electrons. The molecule has 4 rings (SSSR count). The van der Waals surface area contributed by atoms with E-state index in [1.807, 2.05) is 37.3 Å². The second-order valence-electron chi connectivity index (χ2n) is 7.35. The summed E-state index contributed by atoms with van der Waals surface area (Å²) in [5.41, 5.74) is 1.25. The van der Waals surface area contributed by atoms with E-state index in [4.69, 9.17) is 9.47 Å². The molecule has 0 unspecified atom stereocenters. The molecular formula is C24H24N2O5S. The lowest BCUT2D eigenvalue weighted by Gasteiger charge is -2.27. The maximum atomic E-state index is 13.5. The molecule has 7 nitrogen and oxygen atoms in total. The minimum absolute atomic E-state index is 0.0961. The number of nitrogens with zero attached hydrogens (tertiary/aromatic N) is 1. The fourth-order valence-electron chi connectivity index (χ4n) is 3.46. The van der Waals surface area contributed by atoms with Gasteiger partial charge in [0.2, 0.25) is 5.91 Å². The van der Waals surface area contributed by atoms with Crippen LogP contribution in [0, 0.1) is 0 Å². The summed E-state index contributed by atoms with van der Waals surface area (Å²) in [7, 11) is -4.00. The normalized spacial score (nSPS) is 13.8. The molecule has 0 aromatic heterocycles. The molecule has 0 fully saturated rings. The number of hydrogen-bond acceptors (Lipinski definition) is 5. The molecule has 3 aromatic rings. The van der Waals surface area contributed by atoms with Crippen LogP contribution in [0.5, 0.6) is 11.5 Å². The maximum Gasteiger partial charge on any atom is 0.264 e. The van der Waals surface area contributed by atoms with Crippen molar-refractivity contribution in [1.82, 2.24) is 5.32 Å². The Balaban J connectivity index is 1.64. The molecule has 0 aliphatic carbocycles. The number of hydrogen-bond donors (Lipinski definition) is 1. The van der Waals surface area contributed by atoms with Crippen LogP contribution in [0.2, 0.25) is 0 Å². The number of nitrogens with one attached hydrogen (secondary N) is 1. The van der Waals surface area contributed by atoms with Crippen molar-refractivity contribution < 1.29 is 22.7 Å². The third-order valence-electron chi connectivity index (χ3n) is 5.11. The van der Waals surface area contributed by atoms with Crippen LogP contribution in [0.3, 0.4) is 0 Å². The largest absolute Gasteiger partial charge is 0.486 e. The van der Waals surface area contributed by atoms with Gasteiger partial charge in [0.15, 0.2) is 11.5 Å². The Morgan fingerprint density at radius 3 is 2.25 bits per heavy atom. The molecule has 0 saturated carbocycles. The molecule has 1 aliphatic rings. The molecule has 1 aliphatic heterocycles. The van der Waals surface area contributed by atoms with Crippen molar-refractivity contribution in [2.24, 2.45) is 0 Å². The van der Waals surface area contributed by atoms with Gasteiger partial charge in [-0.05, 0) is 36.8 Å². The topological polar surface area (TPSA) is 84.9 Å². The first kappa shape index (κ1) is 21.7. The zero-order valence-electron chi connectivity index (χ0n) is 17.6. The third kappa shape index (κ3) is 4.70. The highest BCUT2D eigenvalue weighted by molar-refractivity contribution is 7.92. The van der Waals surface area contributed by atoms with Gasteiger partial charge in [0.25, 0.3) is 10.0 Å². The molecule has 1 N–H and O–H groups in total. The zero-order chi connectivity index (χ0) is 22.6. The summed E-state index contributed by atoms with van der Waals surface area (Å²) in [4.78, 5) is 13.0. The van der Waals surface area contributed by atoms with Crippen molar-refractivity contribution in [3.63, 3.8) is 0 Å². The molecule has 1 amide bonds. The Morgan fingerprint density at radius 2 is 1.56 bits per heavy atom. The predicted molar refractivity (Wildman–Crippen MR) is 121 cm³/mol. The standard InChI is InChI=1S/C24H24N2O5S/c1-18(19-8-4-2-5-9-19)25-24(27)17-26(32(28,29)21-10-6-3-7-11-21)20-12-13-22-23(16-20)31-15-14-30-22/h2-13,16,18H,14-15,17H2,1H3,(H,25,27)/t18-/m1/s1. The van der Waals surface area contributed by atoms with Crippen LogP contribution in [0.15, 0.2) is 83.8 Å². The highest BCUT2D eigenvalue weighted by atomic mass is 32.2. The van der Waals surface area contributed by atoms with E-state index in [1.54, 1.807) is 36.4 Å². The number of benzene rings is 3. The van der Waals surface area contributed by atoms with Crippen molar-refractivity contribution in [1.29, 1.82) is 0 Å². The molecule has 3 aromatic carbocycles. The van der Waals surface area contributed by atoms with E-state index in [0.29, 0.717) is 30.4 Å². The van der Waals surface area contributed by atoms with Gasteiger partial charge in [0, 0.05) is 6.07 Å². The van der Waals surface area contributed by atoms with Crippen molar-refractivity contribution in [3.8, 4) is 11.5 Å². The summed E-state index contributed by atoms with van der Waals surface area (Å²) in [6, 6.07) is 22.1. The van der Waals surface area contributed by atoms with Crippen LogP contribution in [0.1, 0.15) is 18.5 Å². The molecule has 0 spiro atoms. The summed E-state index contributed by atoms with van der Waals surface area (Å²) >= 11 is 0. The van der Waals surface area contributed by atoms with Gasteiger partial charge < -0.3 is 14.8 Å². The van der Waals surface area contributed by atoms with Gasteiger partial charge >= 0.3 is 0 Å². The molecule has 1 heterocycles. The van der Waals surface area contributed by atoms with E-state index >= 15 is 0 Å². The average molecular weight is 453 g/mol. The first-order chi connectivity index (χ1) is 15.4. The molecule has 0 bridgehead atoms. The lowest BCUT2D eigenvalue weighted by Crippen LogP contribution is -2.41. The van der Waals surface area contributed by atoms with Crippen LogP contribution in [-0.2, 0) is 14.8 Å². The minimum Gasteiger partial charge on any atom is -0.486 e. The second-order valence-corrected chi connectivity index (χ2v) is 9.21. The lowest BCUT2D eigenvalue weighted by molar-refractivity contribution is -0.120. The SMILES string of the molecule is C[C@@H](NC(=O)CN(c1ccc2c(c1)OCCO2)S(=O)(=O)c1ccccc1)c1ccccc1. The van der Waals surface area contributed by atoms with Crippen LogP contribution in [-0.4, -0.2) is 34.1 Å². The van der Waals surface area contributed by atoms with Gasteiger partial charge in [-0.3, -0.25) is 9.10 Å². The highest BCUT2D eigenvalue weighted by Crippen LogP contribution is 2.35. The Labute approximate surface area is 187 Å². The van der Waals surface area contributed by atoms with E-state index in [0.717, 1.165) is 9.87 Å². The van der Waals surface area contributed by atoms with Crippen LogP contribution in [0.25, 0.3) is 0 Å². The van der Waals surface area contributed by atoms with Crippen LogP contribution >= 0.6 is 0 Å². The lowest BCUT2D eigenvalue weighted by atomic mass is 10.1. The van der Waals surface area contributed by atoms with Crippen molar-refractivity contribution in [2.45, 2.75) is 17.9 Å². The van der Waals surface area contributed by atoms with Gasteiger partial charge in [-0.15, -0.1) is 0 Å².